The van der Waals surface area contributed by atoms with Crippen LogP contribution >= 0.6 is 0 Å². The van der Waals surface area contributed by atoms with E-state index in [1.165, 1.54) is 0 Å². The minimum Gasteiger partial charge on any atom is -0.378 e. The van der Waals surface area contributed by atoms with Crippen LogP contribution in [0.5, 0.6) is 0 Å². The van der Waals surface area contributed by atoms with Gasteiger partial charge in [0, 0.05) is 30.9 Å². The van der Waals surface area contributed by atoms with Crippen LogP contribution in [0.1, 0.15) is 20.7 Å². The number of nitrogens with zero attached hydrogens (tertiary/aromatic N) is 1. The molecule has 0 atom stereocenters. The highest BCUT2D eigenvalue weighted by Crippen LogP contribution is 2.30. The summed E-state index contributed by atoms with van der Waals surface area (Å²) in [5, 5.41) is 8.85. The molecule has 0 unspecified atom stereocenters. The number of benzene rings is 2. The van der Waals surface area contributed by atoms with Crippen LogP contribution in [0.4, 0.5) is 5.69 Å². The van der Waals surface area contributed by atoms with Crippen LogP contribution < -0.4 is 10.4 Å². The van der Waals surface area contributed by atoms with E-state index in [0.29, 0.717) is 22.3 Å². The molecule has 0 spiro atoms. The van der Waals surface area contributed by atoms with E-state index in [1.54, 1.807) is 35.8 Å². The Bertz CT molecular complexity index is 681. The summed E-state index contributed by atoms with van der Waals surface area (Å²) in [6, 6.07) is 12.2. The van der Waals surface area contributed by atoms with Crippen molar-refractivity contribution in [2.24, 2.45) is 0 Å². The minimum atomic E-state index is -0.613. The van der Waals surface area contributed by atoms with Gasteiger partial charge in [-0.2, -0.15) is 0 Å². The molecule has 1 amide bonds. The molecule has 0 aliphatic rings. The van der Waals surface area contributed by atoms with Crippen molar-refractivity contribution in [1.82, 2.24) is 5.48 Å². The van der Waals surface area contributed by atoms with Gasteiger partial charge in [0.25, 0.3) is 5.91 Å². The molecule has 5 nitrogen and oxygen atoms in total. The van der Waals surface area contributed by atoms with Gasteiger partial charge in [0.1, 0.15) is 0 Å². The van der Waals surface area contributed by atoms with E-state index in [-0.39, 0.29) is 0 Å². The highest BCUT2D eigenvalue weighted by atomic mass is 16.5. The van der Waals surface area contributed by atoms with Gasteiger partial charge in [0.05, 0.1) is 0 Å². The van der Waals surface area contributed by atoms with Crippen molar-refractivity contribution in [1.29, 1.82) is 0 Å². The predicted octanol–water partition coefficient (Wildman–Crippen LogP) is 2.35. The van der Waals surface area contributed by atoms with E-state index in [4.69, 9.17) is 5.21 Å². The summed E-state index contributed by atoms with van der Waals surface area (Å²) in [4.78, 5) is 24.9. The molecule has 0 radical (unpaired) electrons. The summed E-state index contributed by atoms with van der Waals surface area (Å²) in [6.45, 7) is 0. The fourth-order valence-corrected chi connectivity index (χ4v) is 2.13. The van der Waals surface area contributed by atoms with Crippen LogP contribution in [0.3, 0.4) is 0 Å². The number of amides is 1. The molecular weight excluding hydrogens is 268 g/mol. The number of anilines is 1. The maximum absolute atomic E-state index is 11.8. The lowest BCUT2D eigenvalue weighted by Crippen LogP contribution is -2.19. The molecule has 108 valence electrons. The monoisotopic (exact) mass is 284 g/mol. The second kappa shape index (κ2) is 6.19. The van der Waals surface area contributed by atoms with Crippen LogP contribution in [0.2, 0.25) is 0 Å². The number of carbonyl (C=O) groups excluding carboxylic acids is 2. The first kappa shape index (κ1) is 14.7. The Kier molecular flexibility index (Phi) is 4.35. The first-order chi connectivity index (χ1) is 10.1. The van der Waals surface area contributed by atoms with Crippen molar-refractivity contribution >= 4 is 17.9 Å². The van der Waals surface area contributed by atoms with E-state index in [0.717, 1.165) is 12.0 Å². The minimum absolute atomic E-state index is 0.305. The van der Waals surface area contributed by atoms with Gasteiger partial charge in [-0.25, -0.2) is 5.48 Å². The Morgan fingerprint density at radius 1 is 1.14 bits per heavy atom. The van der Waals surface area contributed by atoms with E-state index < -0.39 is 5.91 Å². The molecule has 0 aliphatic heterocycles. The highest BCUT2D eigenvalue weighted by molar-refractivity contribution is 6.02. The summed E-state index contributed by atoms with van der Waals surface area (Å²) >= 11 is 0. The highest BCUT2D eigenvalue weighted by Gasteiger charge is 2.15. The maximum atomic E-state index is 11.8. The zero-order valence-electron chi connectivity index (χ0n) is 11.8. The quantitative estimate of drug-likeness (QED) is 0.513. The van der Waals surface area contributed by atoms with Crippen LogP contribution in [-0.4, -0.2) is 31.5 Å². The fraction of sp³-hybridized carbons (Fsp3) is 0.125. The summed E-state index contributed by atoms with van der Waals surface area (Å²) in [5.74, 6) is -0.613. The molecule has 21 heavy (non-hydrogen) atoms. The zero-order valence-corrected chi connectivity index (χ0v) is 11.8. The number of hydrogen-bond acceptors (Lipinski definition) is 4. The van der Waals surface area contributed by atoms with E-state index in [1.807, 2.05) is 31.1 Å². The average Bonchev–Trinajstić information content (AvgIpc) is 2.53. The number of carbonyl (C=O) groups is 2. The molecule has 0 saturated carbocycles. The number of hydrogen-bond donors (Lipinski definition) is 2. The van der Waals surface area contributed by atoms with Gasteiger partial charge in [0.15, 0.2) is 6.29 Å². The Balaban J connectivity index is 2.68. The Labute approximate surface area is 122 Å². The summed E-state index contributed by atoms with van der Waals surface area (Å²) in [5.41, 5.74) is 4.57. The van der Waals surface area contributed by atoms with Crippen molar-refractivity contribution in [3.63, 3.8) is 0 Å². The molecular formula is C16H16N2O3. The fourth-order valence-electron chi connectivity index (χ4n) is 2.13. The smallest absolute Gasteiger partial charge is 0.275 e. The molecule has 0 heterocycles. The van der Waals surface area contributed by atoms with Crippen LogP contribution in [0, 0.1) is 0 Å². The van der Waals surface area contributed by atoms with Crippen LogP contribution in [-0.2, 0) is 0 Å². The van der Waals surface area contributed by atoms with Gasteiger partial charge < -0.3 is 4.90 Å². The van der Waals surface area contributed by atoms with Crippen LogP contribution in [0.15, 0.2) is 42.5 Å². The normalized spacial score (nSPS) is 10.0. The number of rotatable bonds is 4. The molecule has 0 saturated heterocycles. The SMILES string of the molecule is CN(C)c1ccc(C=O)c(-c2ccccc2C(=O)NO)c1. The number of nitrogens with one attached hydrogen (secondary N) is 1. The van der Waals surface area contributed by atoms with E-state index >= 15 is 0 Å². The largest absolute Gasteiger partial charge is 0.378 e. The molecule has 5 heteroatoms. The third-order valence-electron chi connectivity index (χ3n) is 3.24. The van der Waals surface area contributed by atoms with Crippen LogP contribution in [0.25, 0.3) is 11.1 Å². The van der Waals surface area contributed by atoms with Crippen molar-refractivity contribution in [2.75, 3.05) is 19.0 Å². The molecule has 0 aromatic heterocycles. The standard InChI is InChI=1S/C16H16N2O3/c1-18(2)12-8-7-11(10-19)15(9-12)13-5-3-4-6-14(13)16(20)17-21/h3-10,21H,1-2H3,(H,17,20). The van der Waals surface area contributed by atoms with E-state index in [2.05, 4.69) is 0 Å². The molecule has 2 aromatic rings. The lowest BCUT2D eigenvalue weighted by molar-refractivity contribution is 0.0707. The number of aldehydes is 1. The van der Waals surface area contributed by atoms with Crippen molar-refractivity contribution in [3.8, 4) is 11.1 Å². The van der Waals surface area contributed by atoms with Crippen molar-refractivity contribution in [3.05, 3.63) is 53.6 Å². The first-order valence-corrected chi connectivity index (χ1v) is 6.39. The molecule has 0 aliphatic carbocycles. The lowest BCUT2D eigenvalue weighted by atomic mass is 9.95. The van der Waals surface area contributed by atoms with Gasteiger partial charge in [0.2, 0.25) is 0 Å². The molecule has 2 rings (SSSR count). The van der Waals surface area contributed by atoms with Gasteiger partial charge in [-0.05, 0) is 35.4 Å². The van der Waals surface area contributed by atoms with Gasteiger partial charge in [-0.15, -0.1) is 0 Å². The lowest BCUT2D eigenvalue weighted by Gasteiger charge is -2.16. The second-order valence-corrected chi connectivity index (χ2v) is 4.77. The maximum Gasteiger partial charge on any atom is 0.275 e. The second-order valence-electron chi connectivity index (χ2n) is 4.77. The Hall–Kier alpha value is -2.66. The average molecular weight is 284 g/mol. The third kappa shape index (κ3) is 2.93. The summed E-state index contributed by atoms with van der Waals surface area (Å²) < 4.78 is 0. The van der Waals surface area contributed by atoms with E-state index in [9.17, 15) is 9.59 Å². The van der Waals surface area contributed by atoms with Gasteiger partial charge in [-0.3, -0.25) is 14.8 Å². The Morgan fingerprint density at radius 2 is 1.86 bits per heavy atom. The number of hydroxylamine groups is 1. The zero-order chi connectivity index (χ0) is 15.4. The molecule has 0 fully saturated rings. The molecule has 2 N–H and O–H groups in total. The summed E-state index contributed by atoms with van der Waals surface area (Å²) in [6.07, 6.45) is 0.752. The molecule has 2 aromatic carbocycles. The Morgan fingerprint density at radius 3 is 2.48 bits per heavy atom. The molecule has 0 bridgehead atoms. The van der Waals surface area contributed by atoms with Crippen molar-refractivity contribution < 1.29 is 14.8 Å². The third-order valence-corrected chi connectivity index (χ3v) is 3.24. The van der Waals surface area contributed by atoms with Crippen molar-refractivity contribution in [2.45, 2.75) is 0 Å². The van der Waals surface area contributed by atoms with Gasteiger partial charge >= 0.3 is 0 Å². The van der Waals surface area contributed by atoms with Gasteiger partial charge in [-0.1, -0.05) is 18.2 Å². The summed E-state index contributed by atoms with van der Waals surface area (Å²) in [7, 11) is 3.79. The predicted molar refractivity (Wildman–Crippen MR) is 80.8 cm³/mol. The first-order valence-electron chi connectivity index (χ1n) is 6.39. The topological polar surface area (TPSA) is 69.6 Å².